The normalized spacial score (nSPS) is 11.8. The van der Waals surface area contributed by atoms with Crippen molar-refractivity contribution >= 4 is 18.0 Å². The highest BCUT2D eigenvalue weighted by atomic mass is 19.1. The van der Waals surface area contributed by atoms with Crippen LogP contribution in [0.2, 0.25) is 0 Å². The van der Waals surface area contributed by atoms with Crippen molar-refractivity contribution in [3.63, 3.8) is 0 Å². The van der Waals surface area contributed by atoms with E-state index < -0.39 is 81.6 Å². The number of hydrogen-bond donors (Lipinski definition) is 2. The molecular formula is C30H30F3N3O7. The van der Waals surface area contributed by atoms with Gasteiger partial charge in [-0.2, -0.15) is 0 Å². The van der Waals surface area contributed by atoms with Crippen LogP contribution in [0.5, 0.6) is 5.75 Å². The Labute approximate surface area is 244 Å². The SMILES string of the molecule is C=CC(C)N(C(=O)OC(C)(C)C)n1cc(C(=O)NCc2c(F)cc(F)cc2F)c(=O)c(OCc2ccccc2)c1C(=O)O. The van der Waals surface area contributed by atoms with Crippen LogP contribution in [0, 0.1) is 17.5 Å². The van der Waals surface area contributed by atoms with E-state index in [4.69, 9.17) is 9.47 Å². The van der Waals surface area contributed by atoms with Crippen molar-refractivity contribution in [1.82, 2.24) is 9.99 Å². The third kappa shape index (κ3) is 7.82. The van der Waals surface area contributed by atoms with Crippen LogP contribution in [-0.4, -0.2) is 39.4 Å². The van der Waals surface area contributed by atoms with E-state index in [9.17, 15) is 37.5 Å². The number of carboxylic acids is 1. The molecule has 10 nitrogen and oxygen atoms in total. The standard InChI is InChI=1S/C30H30F3N3O7/c1-6-17(2)36(29(41)43-30(3,4)5)35-15-21(27(38)34-14-20-22(32)12-19(31)13-23(20)33)25(37)26(24(35)28(39)40)42-16-18-10-8-7-9-11-18/h6-13,15,17H,1,14,16H2,2-5H3,(H,34,38)(H,39,40). The Hall–Kier alpha value is -5.07. The van der Waals surface area contributed by atoms with Crippen LogP contribution in [0.1, 0.15) is 59.7 Å². The summed E-state index contributed by atoms with van der Waals surface area (Å²) in [6.45, 7) is 8.75. The van der Waals surface area contributed by atoms with Gasteiger partial charge < -0.3 is 19.9 Å². The van der Waals surface area contributed by atoms with Crippen molar-refractivity contribution in [1.29, 1.82) is 0 Å². The fourth-order valence-corrected chi connectivity index (χ4v) is 3.83. The molecule has 3 aromatic rings. The summed E-state index contributed by atoms with van der Waals surface area (Å²) >= 11 is 0. The van der Waals surface area contributed by atoms with Gasteiger partial charge in [-0.05, 0) is 33.3 Å². The molecule has 1 heterocycles. The molecule has 0 aliphatic heterocycles. The lowest BCUT2D eigenvalue weighted by Crippen LogP contribution is -2.51. The lowest BCUT2D eigenvalue weighted by Gasteiger charge is -2.33. The number of carbonyl (C=O) groups excluding carboxylic acids is 2. The van der Waals surface area contributed by atoms with E-state index in [1.165, 1.54) is 13.0 Å². The second-order valence-electron chi connectivity index (χ2n) is 10.3. The summed E-state index contributed by atoms with van der Waals surface area (Å²) in [5.41, 5.74) is -3.90. The second kappa shape index (κ2) is 13.3. The van der Waals surface area contributed by atoms with Crippen LogP contribution in [0.4, 0.5) is 18.0 Å². The first-order valence-corrected chi connectivity index (χ1v) is 12.9. The molecule has 1 unspecified atom stereocenters. The zero-order chi connectivity index (χ0) is 32.1. The summed E-state index contributed by atoms with van der Waals surface area (Å²) in [6, 6.07) is 8.28. The summed E-state index contributed by atoms with van der Waals surface area (Å²) in [7, 11) is 0. The summed E-state index contributed by atoms with van der Waals surface area (Å²) in [5, 5.41) is 13.2. The highest BCUT2D eigenvalue weighted by Crippen LogP contribution is 2.22. The Balaban J connectivity index is 2.21. The van der Waals surface area contributed by atoms with Gasteiger partial charge in [-0.1, -0.05) is 36.4 Å². The van der Waals surface area contributed by atoms with E-state index in [2.05, 4.69) is 11.9 Å². The number of aromatic carboxylic acids is 1. The smallest absolute Gasteiger partial charge is 0.430 e. The number of benzene rings is 2. The van der Waals surface area contributed by atoms with E-state index in [-0.39, 0.29) is 6.61 Å². The highest BCUT2D eigenvalue weighted by molar-refractivity contribution is 5.97. The Bertz CT molecular complexity index is 1580. The average Bonchev–Trinajstić information content (AvgIpc) is 2.91. The van der Waals surface area contributed by atoms with E-state index in [0.717, 1.165) is 15.9 Å². The number of aromatic nitrogens is 1. The zero-order valence-electron chi connectivity index (χ0n) is 23.8. The minimum atomic E-state index is -1.69. The number of amides is 2. The predicted molar refractivity (Wildman–Crippen MR) is 150 cm³/mol. The Kier molecular flexibility index (Phi) is 10.0. The molecule has 13 heteroatoms. The summed E-state index contributed by atoms with van der Waals surface area (Å²) < 4.78 is 53.5. The molecule has 0 bridgehead atoms. The van der Waals surface area contributed by atoms with Crippen LogP contribution in [0.15, 0.2) is 66.1 Å². The van der Waals surface area contributed by atoms with E-state index in [1.54, 1.807) is 51.1 Å². The summed E-state index contributed by atoms with van der Waals surface area (Å²) in [4.78, 5) is 52.7. The molecule has 2 amide bonds. The Morgan fingerprint density at radius 2 is 1.72 bits per heavy atom. The van der Waals surface area contributed by atoms with Crippen molar-refractivity contribution in [2.24, 2.45) is 0 Å². The first-order valence-electron chi connectivity index (χ1n) is 12.9. The van der Waals surface area contributed by atoms with Gasteiger partial charge in [-0.25, -0.2) is 32.4 Å². The lowest BCUT2D eigenvalue weighted by atomic mass is 10.1. The molecule has 0 saturated heterocycles. The maximum atomic E-state index is 14.2. The van der Waals surface area contributed by atoms with Crippen LogP contribution < -0.4 is 20.5 Å². The van der Waals surface area contributed by atoms with Gasteiger partial charge in [0.1, 0.15) is 35.2 Å². The van der Waals surface area contributed by atoms with E-state index >= 15 is 0 Å². The number of carbonyl (C=O) groups is 3. The number of nitrogens with one attached hydrogen (secondary N) is 1. The van der Waals surface area contributed by atoms with Crippen LogP contribution in [0.3, 0.4) is 0 Å². The number of nitrogens with zero attached hydrogens (tertiary/aromatic N) is 2. The first kappa shape index (κ1) is 32.4. The fourth-order valence-electron chi connectivity index (χ4n) is 3.83. The molecule has 228 valence electrons. The van der Waals surface area contributed by atoms with Gasteiger partial charge in [-0.15, -0.1) is 6.58 Å². The van der Waals surface area contributed by atoms with Gasteiger partial charge in [0.25, 0.3) is 5.91 Å². The number of ether oxygens (including phenoxy) is 2. The molecule has 0 radical (unpaired) electrons. The lowest BCUT2D eigenvalue weighted by molar-refractivity contribution is 0.0521. The highest BCUT2D eigenvalue weighted by Gasteiger charge is 2.33. The summed E-state index contributed by atoms with van der Waals surface area (Å²) in [6.07, 6.45) is 1.01. The summed E-state index contributed by atoms with van der Waals surface area (Å²) in [5.74, 6) is -7.41. The number of carboxylic acid groups (broad SMARTS) is 1. The molecule has 0 aliphatic rings. The minimum Gasteiger partial charge on any atom is -0.482 e. The van der Waals surface area contributed by atoms with Crippen LogP contribution in [-0.2, 0) is 17.9 Å². The first-order chi connectivity index (χ1) is 20.1. The van der Waals surface area contributed by atoms with E-state index in [0.29, 0.717) is 17.7 Å². The van der Waals surface area contributed by atoms with Gasteiger partial charge in [0, 0.05) is 30.4 Å². The van der Waals surface area contributed by atoms with Crippen molar-refractivity contribution in [3.8, 4) is 5.75 Å². The Morgan fingerprint density at radius 3 is 2.26 bits per heavy atom. The predicted octanol–water partition coefficient (Wildman–Crippen LogP) is 4.92. The minimum absolute atomic E-state index is 0.295. The molecular weight excluding hydrogens is 571 g/mol. The van der Waals surface area contributed by atoms with Gasteiger partial charge >= 0.3 is 12.1 Å². The van der Waals surface area contributed by atoms with Crippen molar-refractivity contribution < 1.29 is 42.1 Å². The number of rotatable bonds is 10. The van der Waals surface area contributed by atoms with Gasteiger partial charge in [-0.3, -0.25) is 9.59 Å². The maximum Gasteiger partial charge on any atom is 0.430 e. The van der Waals surface area contributed by atoms with Crippen LogP contribution in [0.25, 0.3) is 0 Å². The average molecular weight is 602 g/mol. The van der Waals surface area contributed by atoms with Gasteiger partial charge in [0.05, 0.1) is 6.04 Å². The number of halogens is 3. The molecule has 0 saturated carbocycles. The third-order valence-corrected chi connectivity index (χ3v) is 5.89. The number of pyridine rings is 1. The number of hydrogen-bond acceptors (Lipinski definition) is 6. The van der Waals surface area contributed by atoms with Gasteiger partial charge in [0.15, 0.2) is 5.69 Å². The molecule has 1 aromatic heterocycles. The fraction of sp³-hybridized carbons (Fsp3) is 0.267. The monoisotopic (exact) mass is 601 g/mol. The molecule has 3 rings (SSSR count). The maximum absolute atomic E-state index is 14.2. The molecule has 43 heavy (non-hydrogen) atoms. The molecule has 2 aromatic carbocycles. The molecule has 0 spiro atoms. The topological polar surface area (TPSA) is 127 Å². The quantitative estimate of drug-likeness (QED) is 0.316. The van der Waals surface area contributed by atoms with Crippen molar-refractivity contribution in [2.45, 2.75) is 52.5 Å². The molecule has 0 aliphatic carbocycles. The van der Waals surface area contributed by atoms with Crippen molar-refractivity contribution in [3.05, 3.63) is 111 Å². The van der Waals surface area contributed by atoms with E-state index in [1.807, 2.05) is 0 Å². The molecule has 2 N–H and O–H groups in total. The Morgan fingerprint density at radius 1 is 1.12 bits per heavy atom. The molecule has 0 fully saturated rings. The van der Waals surface area contributed by atoms with Crippen molar-refractivity contribution in [2.75, 3.05) is 5.01 Å². The molecule has 1 atom stereocenters. The zero-order valence-corrected chi connectivity index (χ0v) is 23.8. The van der Waals surface area contributed by atoms with Gasteiger partial charge in [0.2, 0.25) is 11.2 Å². The third-order valence-electron chi connectivity index (χ3n) is 5.89. The van der Waals surface area contributed by atoms with Crippen LogP contribution >= 0.6 is 0 Å². The largest absolute Gasteiger partial charge is 0.482 e. The second-order valence-corrected chi connectivity index (χ2v) is 10.3.